The van der Waals surface area contributed by atoms with Crippen molar-refractivity contribution in [1.82, 2.24) is 0 Å². The van der Waals surface area contributed by atoms with Gasteiger partial charge in [-0.1, -0.05) is 70.5 Å². The van der Waals surface area contributed by atoms with E-state index >= 15 is 0 Å². The Labute approximate surface area is 170 Å². The Hall–Kier alpha value is -1.80. The number of fused-ring (bicyclic) bond motifs is 1. The summed E-state index contributed by atoms with van der Waals surface area (Å²) in [6.45, 7) is 10.4. The van der Waals surface area contributed by atoms with Crippen LogP contribution in [0.15, 0.2) is 48.5 Å². The zero-order valence-corrected chi connectivity index (χ0v) is 18.0. The van der Waals surface area contributed by atoms with Gasteiger partial charge in [0.25, 0.3) is 0 Å². The summed E-state index contributed by atoms with van der Waals surface area (Å²) in [6.07, 6.45) is 5.38. The number of benzene rings is 2. The predicted octanol–water partition coefficient (Wildman–Crippen LogP) is 6.36. The Bertz CT molecular complexity index is 761. The van der Waals surface area contributed by atoms with Crippen LogP contribution in [0.4, 0.5) is 0 Å². The molecule has 0 saturated heterocycles. The van der Waals surface area contributed by atoms with Crippen LogP contribution >= 0.6 is 0 Å². The second-order valence-corrected chi connectivity index (χ2v) is 9.61. The van der Waals surface area contributed by atoms with Crippen molar-refractivity contribution in [3.8, 4) is 5.75 Å². The lowest BCUT2D eigenvalue weighted by Crippen LogP contribution is -2.34. The van der Waals surface area contributed by atoms with Gasteiger partial charge in [-0.25, -0.2) is 0 Å². The van der Waals surface area contributed by atoms with Gasteiger partial charge in [-0.05, 0) is 65.3 Å². The highest BCUT2D eigenvalue weighted by Crippen LogP contribution is 2.46. The van der Waals surface area contributed by atoms with E-state index in [1.54, 1.807) is 0 Å². The molecule has 152 valence electrons. The van der Waals surface area contributed by atoms with Crippen molar-refractivity contribution in [2.24, 2.45) is 0 Å². The smallest absolute Gasteiger partial charge is 0.119 e. The standard InChI is InChI=1S/C26H36O2/c1-25(2)15-16-26(3,4)24-18-20(13-14-23(24)25)21(10-8-9-17-27)19-28-22-11-6-5-7-12-22/h5-7,11-14,18,21,27H,8-10,15-17,19H2,1-4H3. The lowest BCUT2D eigenvalue weighted by atomic mass is 9.62. The van der Waals surface area contributed by atoms with E-state index in [0.717, 1.165) is 25.0 Å². The molecule has 0 fully saturated rings. The number of ether oxygens (including phenoxy) is 1. The first-order chi connectivity index (χ1) is 13.3. The van der Waals surface area contributed by atoms with Crippen LogP contribution in [0.25, 0.3) is 0 Å². The number of hydrogen-bond donors (Lipinski definition) is 1. The number of hydrogen-bond acceptors (Lipinski definition) is 2. The van der Waals surface area contributed by atoms with Gasteiger partial charge in [-0.15, -0.1) is 0 Å². The molecule has 0 spiro atoms. The molecule has 2 aromatic rings. The second kappa shape index (κ2) is 8.69. The highest BCUT2D eigenvalue weighted by molar-refractivity contribution is 5.44. The first-order valence-corrected chi connectivity index (χ1v) is 10.8. The molecule has 1 aliphatic rings. The van der Waals surface area contributed by atoms with Gasteiger partial charge in [0.05, 0.1) is 6.61 Å². The van der Waals surface area contributed by atoms with Crippen LogP contribution in [0, 0.1) is 0 Å². The number of unbranched alkanes of at least 4 members (excludes halogenated alkanes) is 1. The fraction of sp³-hybridized carbons (Fsp3) is 0.538. The average Bonchev–Trinajstić information content (AvgIpc) is 2.69. The van der Waals surface area contributed by atoms with Gasteiger partial charge in [-0.3, -0.25) is 0 Å². The molecule has 2 aromatic carbocycles. The van der Waals surface area contributed by atoms with Crippen molar-refractivity contribution in [1.29, 1.82) is 0 Å². The minimum absolute atomic E-state index is 0.219. The number of aliphatic hydroxyl groups excluding tert-OH is 1. The number of aliphatic hydroxyl groups is 1. The first kappa shape index (κ1) is 20.9. The fourth-order valence-electron chi connectivity index (χ4n) is 4.42. The zero-order valence-electron chi connectivity index (χ0n) is 18.0. The third-order valence-corrected chi connectivity index (χ3v) is 6.50. The van der Waals surface area contributed by atoms with E-state index in [4.69, 9.17) is 4.74 Å². The molecule has 2 nitrogen and oxygen atoms in total. The molecular formula is C26H36O2. The van der Waals surface area contributed by atoms with E-state index in [2.05, 4.69) is 45.9 Å². The lowest BCUT2D eigenvalue weighted by Gasteiger charge is -2.42. The lowest BCUT2D eigenvalue weighted by molar-refractivity contribution is 0.260. The Balaban J connectivity index is 1.86. The van der Waals surface area contributed by atoms with E-state index in [1.807, 2.05) is 30.3 Å². The summed E-state index contributed by atoms with van der Waals surface area (Å²) in [5.41, 5.74) is 4.85. The maximum Gasteiger partial charge on any atom is 0.119 e. The third-order valence-electron chi connectivity index (χ3n) is 6.50. The van der Waals surface area contributed by atoms with E-state index in [9.17, 15) is 5.11 Å². The molecule has 1 unspecified atom stereocenters. The first-order valence-electron chi connectivity index (χ1n) is 10.8. The molecule has 1 atom stereocenters. The van der Waals surface area contributed by atoms with Gasteiger partial charge >= 0.3 is 0 Å². The Morgan fingerprint density at radius 2 is 1.57 bits per heavy atom. The molecule has 0 saturated carbocycles. The molecule has 1 aliphatic carbocycles. The van der Waals surface area contributed by atoms with Gasteiger partial charge < -0.3 is 9.84 Å². The quantitative estimate of drug-likeness (QED) is 0.540. The second-order valence-electron chi connectivity index (χ2n) is 9.61. The molecular weight excluding hydrogens is 344 g/mol. The highest BCUT2D eigenvalue weighted by Gasteiger charge is 2.37. The van der Waals surface area contributed by atoms with Crippen LogP contribution in [0.5, 0.6) is 5.75 Å². The van der Waals surface area contributed by atoms with Crippen LogP contribution in [0.3, 0.4) is 0 Å². The third kappa shape index (κ3) is 4.78. The van der Waals surface area contributed by atoms with Crippen molar-refractivity contribution >= 4 is 0 Å². The van der Waals surface area contributed by atoms with Gasteiger partial charge in [-0.2, -0.15) is 0 Å². The molecule has 3 rings (SSSR count). The summed E-state index contributed by atoms with van der Waals surface area (Å²) >= 11 is 0. The van der Waals surface area contributed by atoms with Crippen LogP contribution in [0.1, 0.15) is 82.4 Å². The van der Waals surface area contributed by atoms with Crippen LogP contribution in [0.2, 0.25) is 0 Å². The summed E-state index contributed by atoms with van der Waals surface area (Å²) in [7, 11) is 0. The highest BCUT2D eigenvalue weighted by atomic mass is 16.5. The molecule has 28 heavy (non-hydrogen) atoms. The van der Waals surface area contributed by atoms with Gasteiger partial charge in [0, 0.05) is 12.5 Å². The number of para-hydroxylation sites is 1. The van der Waals surface area contributed by atoms with Crippen molar-refractivity contribution in [2.75, 3.05) is 13.2 Å². The van der Waals surface area contributed by atoms with Gasteiger partial charge in [0.1, 0.15) is 5.75 Å². The van der Waals surface area contributed by atoms with Gasteiger partial charge in [0.15, 0.2) is 0 Å². The normalized spacial score (nSPS) is 18.3. The fourth-order valence-corrected chi connectivity index (χ4v) is 4.42. The molecule has 0 amide bonds. The summed E-state index contributed by atoms with van der Waals surface area (Å²) in [5.74, 6) is 1.27. The average molecular weight is 381 g/mol. The molecule has 2 heteroatoms. The predicted molar refractivity (Wildman–Crippen MR) is 117 cm³/mol. The summed E-state index contributed by atoms with van der Waals surface area (Å²) in [5, 5.41) is 9.21. The van der Waals surface area contributed by atoms with E-state index in [0.29, 0.717) is 12.5 Å². The van der Waals surface area contributed by atoms with Crippen molar-refractivity contribution < 1.29 is 9.84 Å². The van der Waals surface area contributed by atoms with E-state index in [-0.39, 0.29) is 17.4 Å². The maximum absolute atomic E-state index is 9.21. The monoisotopic (exact) mass is 380 g/mol. The van der Waals surface area contributed by atoms with Crippen molar-refractivity contribution in [3.63, 3.8) is 0 Å². The minimum Gasteiger partial charge on any atom is -0.493 e. The Kier molecular flexibility index (Phi) is 6.50. The minimum atomic E-state index is 0.219. The Morgan fingerprint density at radius 1 is 0.893 bits per heavy atom. The number of rotatable bonds is 8. The molecule has 0 radical (unpaired) electrons. The molecule has 0 aliphatic heterocycles. The van der Waals surface area contributed by atoms with E-state index < -0.39 is 0 Å². The van der Waals surface area contributed by atoms with Crippen molar-refractivity contribution in [2.45, 2.75) is 76.5 Å². The maximum atomic E-state index is 9.21. The summed E-state index contributed by atoms with van der Waals surface area (Å²) < 4.78 is 6.13. The zero-order chi connectivity index (χ0) is 20.2. The molecule has 0 bridgehead atoms. The Morgan fingerprint density at radius 3 is 2.25 bits per heavy atom. The topological polar surface area (TPSA) is 29.5 Å². The largest absolute Gasteiger partial charge is 0.493 e. The van der Waals surface area contributed by atoms with Crippen molar-refractivity contribution in [3.05, 3.63) is 65.2 Å². The summed E-state index contributed by atoms with van der Waals surface area (Å²) in [6, 6.07) is 17.2. The van der Waals surface area contributed by atoms with Crippen LogP contribution in [-0.2, 0) is 10.8 Å². The molecule has 0 heterocycles. The molecule has 1 N–H and O–H groups in total. The van der Waals surface area contributed by atoms with E-state index in [1.165, 1.54) is 29.5 Å². The van der Waals surface area contributed by atoms with Crippen LogP contribution in [-0.4, -0.2) is 18.3 Å². The van der Waals surface area contributed by atoms with Gasteiger partial charge in [0.2, 0.25) is 0 Å². The van der Waals surface area contributed by atoms with Crippen LogP contribution < -0.4 is 4.74 Å². The summed E-state index contributed by atoms with van der Waals surface area (Å²) in [4.78, 5) is 0. The SMILES string of the molecule is CC1(C)CCC(C)(C)c2cc(C(CCCCO)COc3ccccc3)ccc21. The molecule has 0 aromatic heterocycles.